The number of ether oxygens (including phenoxy) is 1. The third kappa shape index (κ3) is 4.69. The van der Waals surface area contributed by atoms with Crippen LogP contribution < -0.4 is 5.32 Å². The van der Waals surface area contributed by atoms with Gasteiger partial charge in [0.1, 0.15) is 13.1 Å². The number of carbonyl (C=O) groups is 4. The molecular weight excluding hydrogens is 350 g/mol. The number of amides is 4. The van der Waals surface area contributed by atoms with Crippen LogP contribution in [0.2, 0.25) is 5.02 Å². The Hall–Kier alpha value is -2.61. The van der Waals surface area contributed by atoms with Gasteiger partial charge in [0.05, 0.1) is 0 Å². The summed E-state index contributed by atoms with van der Waals surface area (Å²) >= 11 is 6.00. The Labute approximate surface area is 149 Å². The van der Waals surface area contributed by atoms with Crippen molar-refractivity contribution >= 4 is 35.4 Å². The lowest BCUT2D eigenvalue weighted by molar-refractivity contribution is -0.156. The fourth-order valence-electron chi connectivity index (χ4n) is 2.21. The van der Waals surface area contributed by atoms with E-state index in [1.165, 1.54) is 18.9 Å². The first-order valence-electron chi connectivity index (χ1n) is 7.55. The van der Waals surface area contributed by atoms with Gasteiger partial charge >= 0.3 is 12.0 Å². The fourth-order valence-corrected chi connectivity index (χ4v) is 2.41. The Kier molecular flexibility index (Phi) is 5.97. The molecule has 0 bridgehead atoms. The summed E-state index contributed by atoms with van der Waals surface area (Å²) in [5.74, 6) is -1.83. The van der Waals surface area contributed by atoms with Gasteiger partial charge < -0.3 is 15.0 Å². The summed E-state index contributed by atoms with van der Waals surface area (Å²) in [4.78, 5) is 49.1. The van der Waals surface area contributed by atoms with Crippen LogP contribution >= 0.6 is 11.6 Å². The van der Waals surface area contributed by atoms with E-state index in [9.17, 15) is 19.2 Å². The van der Waals surface area contributed by atoms with E-state index in [1.54, 1.807) is 24.3 Å². The highest BCUT2D eigenvalue weighted by molar-refractivity contribution is 6.31. The molecule has 1 saturated heterocycles. The normalized spacial score (nSPS) is 15.3. The van der Waals surface area contributed by atoms with Crippen molar-refractivity contribution in [1.82, 2.24) is 15.1 Å². The van der Waals surface area contributed by atoms with Gasteiger partial charge in [-0.2, -0.15) is 0 Å². The lowest BCUT2D eigenvalue weighted by Crippen LogP contribution is -2.40. The van der Waals surface area contributed by atoms with Crippen LogP contribution in [0.1, 0.15) is 12.5 Å². The molecule has 1 aliphatic rings. The third-order valence-electron chi connectivity index (χ3n) is 3.61. The highest BCUT2D eigenvalue weighted by Gasteiger charge is 2.35. The van der Waals surface area contributed by atoms with Crippen molar-refractivity contribution in [2.75, 3.05) is 20.1 Å². The Balaban J connectivity index is 1.82. The summed E-state index contributed by atoms with van der Waals surface area (Å²) in [6, 6.07) is 6.46. The molecular formula is C16H18ClN3O5. The minimum absolute atomic E-state index is 0.0833. The van der Waals surface area contributed by atoms with Crippen molar-refractivity contribution in [3.05, 3.63) is 34.9 Å². The molecule has 1 aromatic carbocycles. The van der Waals surface area contributed by atoms with E-state index in [-0.39, 0.29) is 13.1 Å². The third-order valence-corrected chi connectivity index (χ3v) is 3.98. The standard InChI is InChI=1S/C16H18ClN3O5/c1-10(15(23)18-7-11-5-3-4-6-12(11)17)25-14(22)9-20-13(21)8-19(2)16(20)24/h3-6,10H,7-9H2,1-2H3,(H,18,23)/t10-/m1/s1. The molecule has 0 radical (unpaired) electrons. The molecule has 4 amide bonds. The topological polar surface area (TPSA) is 96.0 Å². The number of likely N-dealkylation sites (N-methyl/N-ethyl adjacent to an activating group) is 1. The number of carbonyl (C=O) groups excluding carboxylic acids is 4. The fraction of sp³-hybridized carbons (Fsp3) is 0.375. The number of esters is 1. The number of nitrogens with one attached hydrogen (secondary N) is 1. The first kappa shape index (κ1) is 18.7. The molecule has 0 aliphatic carbocycles. The van der Waals surface area contributed by atoms with Crippen molar-refractivity contribution in [3.8, 4) is 0 Å². The van der Waals surface area contributed by atoms with E-state index in [4.69, 9.17) is 16.3 Å². The Bertz CT molecular complexity index is 709. The zero-order valence-electron chi connectivity index (χ0n) is 13.8. The monoisotopic (exact) mass is 367 g/mol. The summed E-state index contributed by atoms with van der Waals surface area (Å²) in [5.41, 5.74) is 0.729. The Morgan fingerprint density at radius 1 is 1.32 bits per heavy atom. The summed E-state index contributed by atoms with van der Waals surface area (Å²) in [6.45, 7) is 0.984. The van der Waals surface area contributed by atoms with Gasteiger partial charge in [-0.3, -0.25) is 19.3 Å². The minimum Gasteiger partial charge on any atom is -0.451 e. The Morgan fingerprint density at radius 2 is 2.00 bits per heavy atom. The molecule has 0 aromatic heterocycles. The second-order valence-corrected chi connectivity index (χ2v) is 5.97. The molecule has 0 saturated carbocycles. The lowest BCUT2D eigenvalue weighted by atomic mass is 10.2. The maximum absolute atomic E-state index is 12.0. The van der Waals surface area contributed by atoms with Crippen LogP contribution in [0.4, 0.5) is 4.79 Å². The molecule has 134 valence electrons. The van der Waals surface area contributed by atoms with E-state index in [0.29, 0.717) is 5.02 Å². The van der Waals surface area contributed by atoms with Crippen LogP contribution in [0, 0.1) is 0 Å². The number of urea groups is 1. The van der Waals surface area contributed by atoms with Crippen molar-refractivity contribution in [3.63, 3.8) is 0 Å². The van der Waals surface area contributed by atoms with E-state index in [1.807, 2.05) is 0 Å². The molecule has 1 atom stereocenters. The predicted molar refractivity (Wildman–Crippen MR) is 88.6 cm³/mol. The minimum atomic E-state index is -1.07. The highest BCUT2D eigenvalue weighted by atomic mass is 35.5. The van der Waals surface area contributed by atoms with Gasteiger partial charge in [0.15, 0.2) is 6.10 Å². The number of rotatable bonds is 6. The predicted octanol–water partition coefficient (Wildman–Crippen LogP) is 0.782. The lowest BCUT2D eigenvalue weighted by Gasteiger charge is -2.17. The number of halogens is 1. The number of imide groups is 1. The first-order chi connectivity index (χ1) is 11.8. The zero-order chi connectivity index (χ0) is 18.6. The second kappa shape index (κ2) is 7.98. The average molecular weight is 368 g/mol. The van der Waals surface area contributed by atoms with Gasteiger partial charge in [-0.05, 0) is 18.6 Å². The molecule has 1 heterocycles. The summed E-state index contributed by atoms with van der Waals surface area (Å²) in [6.07, 6.45) is -1.07. The average Bonchev–Trinajstić information content (AvgIpc) is 2.80. The quantitative estimate of drug-likeness (QED) is 0.592. The number of hydrogen-bond acceptors (Lipinski definition) is 5. The van der Waals surface area contributed by atoms with E-state index < -0.39 is 36.5 Å². The van der Waals surface area contributed by atoms with Gasteiger partial charge in [0.2, 0.25) is 0 Å². The van der Waals surface area contributed by atoms with Crippen molar-refractivity contribution in [2.24, 2.45) is 0 Å². The largest absolute Gasteiger partial charge is 0.451 e. The maximum Gasteiger partial charge on any atom is 0.327 e. The maximum atomic E-state index is 12.0. The molecule has 0 unspecified atom stereocenters. The van der Waals surface area contributed by atoms with Crippen molar-refractivity contribution in [2.45, 2.75) is 19.6 Å². The van der Waals surface area contributed by atoms with Crippen LogP contribution in [0.5, 0.6) is 0 Å². The van der Waals surface area contributed by atoms with E-state index in [0.717, 1.165) is 10.5 Å². The SMILES string of the molecule is C[C@@H](OC(=O)CN1C(=O)CN(C)C1=O)C(=O)NCc1ccccc1Cl. The molecule has 1 aromatic rings. The molecule has 1 N–H and O–H groups in total. The molecule has 1 fully saturated rings. The molecule has 9 heteroatoms. The zero-order valence-corrected chi connectivity index (χ0v) is 14.6. The van der Waals surface area contributed by atoms with Crippen LogP contribution in [-0.4, -0.2) is 59.9 Å². The molecule has 25 heavy (non-hydrogen) atoms. The van der Waals surface area contributed by atoms with Crippen molar-refractivity contribution < 1.29 is 23.9 Å². The van der Waals surface area contributed by atoms with Crippen molar-refractivity contribution in [1.29, 1.82) is 0 Å². The smallest absolute Gasteiger partial charge is 0.327 e. The van der Waals surface area contributed by atoms with Crippen LogP contribution in [0.15, 0.2) is 24.3 Å². The summed E-state index contributed by atoms with van der Waals surface area (Å²) in [5, 5.41) is 3.12. The highest BCUT2D eigenvalue weighted by Crippen LogP contribution is 2.14. The molecule has 0 spiro atoms. The van der Waals surface area contributed by atoms with Crippen LogP contribution in [-0.2, 0) is 25.7 Å². The van der Waals surface area contributed by atoms with Gasteiger partial charge in [0.25, 0.3) is 11.8 Å². The van der Waals surface area contributed by atoms with Crippen LogP contribution in [0.3, 0.4) is 0 Å². The number of hydrogen-bond donors (Lipinski definition) is 1. The second-order valence-electron chi connectivity index (χ2n) is 5.56. The summed E-state index contributed by atoms with van der Waals surface area (Å²) in [7, 11) is 1.45. The summed E-state index contributed by atoms with van der Waals surface area (Å²) < 4.78 is 4.98. The van der Waals surface area contributed by atoms with Gasteiger partial charge in [-0.15, -0.1) is 0 Å². The van der Waals surface area contributed by atoms with E-state index in [2.05, 4.69) is 5.32 Å². The van der Waals surface area contributed by atoms with Gasteiger partial charge in [-0.25, -0.2) is 4.79 Å². The number of benzene rings is 1. The molecule has 1 aliphatic heterocycles. The number of nitrogens with zero attached hydrogens (tertiary/aromatic N) is 2. The molecule has 8 nitrogen and oxygen atoms in total. The first-order valence-corrected chi connectivity index (χ1v) is 7.93. The van der Waals surface area contributed by atoms with Gasteiger partial charge in [-0.1, -0.05) is 29.8 Å². The van der Waals surface area contributed by atoms with E-state index >= 15 is 0 Å². The van der Waals surface area contributed by atoms with Crippen LogP contribution in [0.25, 0.3) is 0 Å². The van der Waals surface area contributed by atoms with Gasteiger partial charge in [0, 0.05) is 18.6 Å². The molecule has 2 rings (SSSR count). The Morgan fingerprint density at radius 3 is 2.60 bits per heavy atom.